The second-order valence-electron chi connectivity index (χ2n) is 4.18. The highest BCUT2D eigenvalue weighted by molar-refractivity contribution is 5.25. The molecule has 1 aliphatic carbocycles. The molecular weight excluding hydrogens is 158 g/mol. The van der Waals surface area contributed by atoms with Gasteiger partial charge in [0, 0.05) is 6.04 Å². The van der Waals surface area contributed by atoms with Crippen LogP contribution in [0.3, 0.4) is 0 Å². The maximum Gasteiger partial charge on any atom is 0.00448 e. The molecule has 1 fully saturated rings. The topological polar surface area (TPSA) is 26.0 Å². The van der Waals surface area contributed by atoms with Crippen LogP contribution in [0.1, 0.15) is 36.3 Å². The third-order valence-electron chi connectivity index (χ3n) is 3.02. The molecule has 1 aliphatic rings. The molecule has 2 atom stereocenters. The van der Waals surface area contributed by atoms with E-state index in [0.29, 0.717) is 6.04 Å². The van der Waals surface area contributed by atoms with E-state index in [0.717, 1.165) is 5.92 Å². The van der Waals surface area contributed by atoms with E-state index in [1.807, 2.05) is 0 Å². The summed E-state index contributed by atoms with van der Waals surface area (Å²) >= 11 is 0. The lowest BCUT2D eigenvalue weighted by Crippen LogP contribution is -2.14. The number of hydrogen-bond acceptors (Lipinski definition) is 1. The van der Waals surface area contributed by atoms with Gasteiger partial charge < -0.3 is 5.73 Å². The minimum atomic E-state index is 0.436. The molecule has 0 saturated heterocycles. The van der Waals surface area contributed by atoms with Crippen LogP contribution in [0, 0.1) is 6.92 Å². The molecule has 0 spiro atoms. The van der Waals surface area contributed by atoms with Gasteiger partial charge in [-0.15, -0.1) is 0 Å². The van der Waals surface area contributed by atoms with Crippen molar-refractivity contribution >= 4 is 0 Å². The summed E-state index contributed by atoms with van der Waals surface area (Å²) in [7, 11) is 0. The maximum atomic E-state index is 5.89. The van der Waals surface area contributed by atoms with Crippen LogP contribution in [0.5, 0.6) is 0 Å². The average molecular weight is 175 g/mol. The molecule has 1 nitrogen and oxygen atoms in total. The van der Waals surface area contributed by atoms with Gasteiger partial charge in [-0.2, -0.15) is 0 Å². The van der Waals surface area contributed by atoms with Gasteiger partial charge >= 0.3 is 0 Å². The zero-order valence-corrected chi connectivity index (χ0v) is 8.16. The van der Waals surface area contributed by atoms with Crippen molar-refractivity contribution in [2.75, 3.05) is 0 Å². The SMILES string of the molecule is Cc1ccc([C@@H]2CC[C@H](N)C2)cc1. The van der Waals surface area contributed by atoms with E-state index in [-0.39, 0.29) is 0 Å². The van der Waals surface area contributed by atoms with Crippen LogP contribution in [-0.4, -0.2) is 6.04 Å². The molecule has 0 amide bonds. The quantitative estimate of drug-likeness (QED) is 0.697. The zero-order chi connectivity index (χ0) is 9.26. The van der Waals surface area contributed by atoms with E-state index in [4.69, 9.17) is 5.73 Å². The van der Waals surface area contributed by atoms with Crippen LogP contribution < -0.4 is 5.73 Å². The van der Waals surface area contributed by atoms with Crippen molar-refractivity contribution in [3.8, 4) is 0 Å². The summed E-state index contributed by atoms with van der Waals surface area (Å²) < 4.78 is 0. The standard InChI is InChI=1S/C12H17N/c1-9-2-4-10(5-3-9)11-6-7-12(13)8-11/h2-5,11-12H,6-8,13H2,1H3/t11-,12+/m1/s1. The van der Waals surface area contributed by atoms with Crippen LogP contribution in [0.25, 0.3) is 0 Å². The Morgan fingerprint density at radius 2 is 1.85 bits per heavy atom. The fourth-order valence-corrected chi connectivity index (χ4v) is 2.16. The van der Waals surface area contributed by atoms with Crippen molar-refractivity contribution in [1.82, 2.24) is 0 Å². The molecule has 2 rings (SSSR count). The molecule has 0 bridgehead atoms. The average Bonchev–Trinajstić information content (AvgIpc) is 2.53. The zero-order valence-electron chi connectivity index (χ0n) is 8.16. The van der Waals surface area contributed by atoms with Gasteiger partial charge in [-0.25, -0.2) is 0 Å². The first-order valence-corrected chi connectivity index (χ1v) is 5.08. The van der Waals surface area contributed by atoms with Gasteiger partial charge in [0.25, 0.3) is 0 Å². The van der Waals surface area contributed by atoms with E-state index in [9.17, 15) is 0 Å². The van der Waals surface area contributed by atoms with E-state index < -0.39 is 0 Å². The molecular formula is C12H17N. The molecule has 0 unspecified atom stereocenters. The first-order valence-electron chi connectivity index (χ1n) is 5.08. The number of benzene rings is 1. The van der Waals surface area contributed by atoms with Gasteiger partial charge in [0.2, 0.25) is 0 Å². The Morgan fingerprint density at radius 3 is 2.38 bits per heavy atom. The predicted molar refractivity (Wildman–Crippen MR) is 55.7 cm³/mol. The first kappa shape index (κ1) is 8.76. The summed E-state index contributed by atoms with van der Waals surface area (Å²) in [6.07, 6.45) is 3.63. The Morgan fingerprint density at radius 1 is 1.15 bits per heavy atom. The molecule has 0 heterocycles. The van der Waals surface area contributed by atoms with Crippen molar-refractivity contribution < 1.29 is 0 Å². The Bertz CT molecular complexity index is 276. The smallest absolute Gasteiger partial charge is 0.00448 e. The highest BCUT2D eigenvalue weighted by Crippen LogP contribution is 2.33. The van der Waals surface area contributed by atoms with Crippen LogP contribution in [0.4, 0.5) is 0 Å². The molecule has 70 valence electrons. The fourth-order valence-electron chi connectivity index (χ4n) is 2.16. The van der Waals surface area contributed by atoms with Gasteiger partial charge in [-0.3, -0.25) is 0 Å². The van der Waals surface area contributed by atoms with Gasteiger partial charge in [0.05, 0.1) is 0 Å². The predicted octanol–water partition coefficient (Wildman–Crippen LogP) is 2.59. The monoisotopic (exact) mass is 175 g/mol. The molecule has 13 heavy (non-hydrogen) atoms. The van der Waals surface area contributed by atoms with E-state index in [2.05, 4.69) is 31.2 Å². The van der Waals surface area contributed by atoms with Gasteiger partial charge in [-0.05, 0) is 37.7 Å². The van der Waals surface area contributed by atoms with Crippen molar-refractivity contribution in [1.29, 1.82) is 0 Å². The number of nitrogens with two attached hydrogens (primary N) is 1. The molecule has 0 aliphatic heterocycles. The highest BCUT2D eigenvalue weighted by Gasteiger charge is 2.22. The van der Waals surface area contributed by atoms with E-state index in [1.54, 1.807) is 0 Å². The second kappa shape index (κ2) is 3.51. The normalized spacial score (nSPS) is 27.8. The summed E-state index contributed by atoms with van der Waals surface area (Å²) in [4.78, 5) is 0. The van der Waals surface area contributed by atoms with Gasteiger partial charge in [0.15, 0.2) is 0 Å². The van der Waals surface area contributed by atoms with E-state index >= 15 is 0 Å². The largest absolute Gasteiger partial charge is 0.328 e. The van der Waals surface area contributed by atoms with Gasteiger partial charge in [-0.1, -0.05) is 29.8 Å². The number of hydrogen-bond donors (Lipinski definition) is 1. The Labute approximate surface area is 80.0 Å². The highest BCUT2D eigenvalue weighted by atomic mass is 14.6. The maximum absolute atomic E-state index is 5.89. The third-order valence-corrected chi connectivity index (χ3v) is 3.02. The molecule has 0 radical (unpaired) electrons. The molecule has 1 saturated carbocycles. The van der Waals surface area contributed by atoms with Gasteiger partial charge in [0.1, 0.15) is 0 Å². The molecule has 0 aromatic heterocycles. The van der Waals surface area contributed by atoms with E-state index in [1.165, 1.54) is 30.4 Å². The van der Waals surface area contributed by atoms with Crippen molar-refractivity contribution in [2.24, 2.45) is 5.73 Å². The minimum absolute atomic E-state index is 0.436. The molecule has 1 heteroatoms. The van der Waals surface area contributed by atoms with Crippen LogP contribution in [0.15, 0.2) is 24.3 Å². The summed E-state index contributed by atoms with van der Waals surface area (Å²) in [5.41, 5.74) is 8.70. The summed E-state index contributed by atoms with van der Waals surface area (Å²) in [6.45, 7) is 2.13. The summed E-state index contributed by atoms with van der Waals surface area (Å²) in [5.74, 6) is 0.718. The molecule has 1 aromatic carbocycles. The van der Waals surface area contributed by atoms with Crippen LogP contribution in [0.2, 0.25) is 0 Å². The number of rotatable bonds is 1. The first-order chi connectivity index (χ1) is 6.25. The fraction of sp³-hybridized carbons (Fsp3) is 0.500. The van der Waals surface area contributed by atoms with Crippen molar-refractivity contribution in [3.05, 3.63) is 35.4 Å². The molecule has 1 aromatic rings. The molecule has 2 N–H and O–H groups in total. The Kier molecular flexibility index (Phi) is 2.36. The second-order valence-corrected chi connectivity index (χ2v) is 4.18. The lowest BCUT2D eigenvalue weighted by atomic mass is 9.97. The summed E-state index contributed by atoms with van der Waals surface area (Å²) in [6, 6.07) is 9.32. The minimum Gasteiger partial charge on any atom is -0.328 e. The Balaban J connectivity index is 2.13. The Hall–Kier alpha value is -0.820. The van der Waals surface area contributed by atoms with Crippen LogP contribution in [-0.2, 0) is 0 Å². The number of aryl methyl sites for hydroxylation is 1. The lowest BCUT2D eigenvalue weighted by Gasteiger charge is -2.09. The third kappa shape index (κ3) is 1.92. The van der Waals surface area contributed by atoms with Crippen LogP contribution >= 0.6 is 0 Å². The van der Waals surface area contributed by atoms with Crippen molar-refractivity contribution in [2.45, 2.75) is 38.1 Å². The lowest BCUT2D eigenvalue weighted by molar-refractivity contribution is 0.674. The van der Waals surface area contributed by atoms with Crippen molar-refractivity contribution in [3.63, 3.8) is 0 Å². The summed E-state index contributed by atoms with van der Waals surface area (Å²) in [5, 5.41) is 0.